The van der Waals surface area contributed by atoms with Crippen LogP contribution >= 0.6 is 0 Å². The van der Waals surface area contributed by atoms with Gasteiger partial charge in [0.25, 0.3) is 0 Å². The zero-order chi connectivity index (χ0) is 18.8. The second kappa shape index (κ2) is 7.32. The molecule has 1 aliphatic rings. The van der Waals surface area contributed by atoms with Gasteiger partial charge in [-0.1, -0.05) is 26.8 Å². The van der Waals surface area contributed by atoms with E-state index in [4.69, 9.17) is 0 Å². The van der Waals surface area contributed by atoms with E-state index in [2.05, 4.69) is 33.2 Å². The van der Waals surface area contributed by atoms with Gasteiger partial charge in [-0.05, 0) is 30.5 Å². The van der Waals surface area contributed by atoms with Gasteiger partial charge in [-0.15, -0.1) is 0 Å². The van der Waals surface area contributed by atoms with E-state index in [9.17, 15) is 9.59 Å². The summed E-state index contributed by atoms with van der Waals surface area (Å²) in [6, 6.07) is 3.92. The fraction of sp³-hybridized carbons (Fsp3) is 0.450. The Bertz CT molecular complexity index is 838. The van der Waals surface area contributed by atoms with Gasteiger partial charge in [-0.25, -0.2) is 4.98 Å². The average molecular weight is 354 g/mol. The molecule has 0 unspecified atom stereocenters. The lowest BCUT2D eigenvalue weighted by atomic mass is 9.88. The Labute approximate surface area is 154 Å². The third-order valence-electron chi connectivity index (χ3n) is 4.74. The van der Waals surface area contributed by atoms with Gasteiger partial charge in [-0.2, -0.15) is 0 Å². The number of imidazole rings is 1. The van der Waals surface area contributed by atoms with Crippen molar-refractivity contribution < 1.29 is 9.59 Å². The molecule has 0 fully saturated rings. The van der Waals surface area contributed by atoms with Crippen LogP contribution in [0.3, 0.4) is 0 Å². The van der Waals surface area contributed by atoms with E-state index < -0.39 is 0 Å². The summed E-state index contributed by atoms with van der Waals surface area (Å²) in [5.41, 5.74) is 3.52. The molecule has 26 heavy (non-hydrogen) atoms. The van der Waals surface area contributed by atoms with Gasteiger partial charge in [-0.3, -0.25) is 9.59 Å². The van der Waals surface area contributed by atoms with E-state index in [0.29, 0.717) is 6.42 Å². The van der Waals surface area contributed by atoms with Crippen molar-refractivity contribution in [3.05, 3.63) is 41.5 Å². The molecule has 0 saturated carbocycles. The maximum Gasteiger partial charge on any atom is 0.226 e. The molecule has 0 spiro atoms. The number of amides is 2. The molecular weight excluding hydrogens is 328 g/mol. The van der Waals surface area contributed by atoms with Crippen molar-refractivity contribution in [2.75, 3.05) is 10.6 Å². The second-order valence-corrected chi connectivity index (χ2v) is 7.18. The smallest absolute Gasteiger partial charge is 0.226 e. The Hall–Kier alpha value is -2.63. The first-order valence-electron chi connectivity index (χ1n) is 9.17. The molecule has 3 rings (SSSR count). The van der Waals surface area contributed by atoms with E-state index in [1.807, 2.05) is 33.0 Å². The van der Waals surface area contributed by atoms with Crippen LogP contribution in [-0.2, 0) is 16.1 Å². The summed E-state index contributed by atoms with van der Waals surface area (Å²) < 4.78 is 2.12. The molecule has 2 heterocycles. The van der Waals surface area contributed by atoms with E-state index in [1.165, 1.54) is 0 Å². The Kier molecular flexibility index (Phi) is 5.11. The van der Waals surface area contributed by atoms with Crippen molar-refractivity contribution >= 4 is 23.2 Å². The Morgan fingerprint density at radius 3 is 2.88 bits per heavy atom. The minimum Gasteiger partial charge on any atom is -0.334 e. The molecule has 0 radical (unpaired) electrons. The number of carbonyl (C=O) groups is 2. The number of carbonyl (C=O) groups excluding carboxylic acids is 2. The normalized spacial score (nSPS) is 16.3. The molecule has 2 N–H and O–H groups in total. The summed E-state index contributed by atoms with van der Waals surface area (Å²) in [6.45, 7) is 8.69. The van der Waals surface area contributed by atoms with E-state index in [-0.39, 0.29) is 23.7 Å². The maximum atomic E-state index is 12.3. The number of benzene rings is 1. The number of anilines is 2. The molecule has 1 aliphatic heterocycles. The van der Waals surface area contributed by atoms with Crippen LogP contribution in [0.25, 0.3) is 0 Å². The summed E-state index contributed by atoms with van der Waals surface area (Å²) in [5.74, 6) is 0.674. The third kappa shape index (κ3) is 3.49. The number of aryl methyl sites for hydroxylation is 2. The standard InChI is InChI=1S/C20H26N4O2/c1-5-7-24-8-6-21-19(24)15-10-18(25)22-17-11-16(13(4)9-14(15)17)23-20(26)12(2)3/h6,8-9,11-12,15H,5,7,10H2,1-4H3,(H,22,25)(H,23,26)/t15-/m0/s1. The molecule has 0 aliphatic carbocycles. The zero-order valence-corrected chi connectivity index (χ0v) is 15.8. The summed E-state index contributed by atoms with van der Waals surface area (Å²) in [5, 5.41) is 5.89. The molecular formula is C20H26N4O2. The van der Waals surface area contributed by atoms with Crippen LogP contribution in [0.15, 0.2) is 24.5 Å². The van der Waals surface area contributed by atoms with Gasteiger partial charge in [0.1, 0.15) is 5.82 Å². The lowest BCUT2D eigenvalue weighted by Crippen LogP contribution is -2.26. The predicted molar refractivity (Wildman–Crippen MR) is 102 cm³/mol. The molecule has 138 valence electrons. The van der Waals surface area contributed by atoms with E-state index in [1.54, 1.807) is 6.20 Å². The first-order chi connectivity index (χ1) is 12.4. The van der Waals surface area contributed by atoms with Crippen LogP contribution in [0.4, 0.5) is 11.4 Å². The fourth-order valence-corrected chi connectivity index (χ4v) is 3.33. The summed E-state index contributed by atoms with van der Waals surface area (Å²) in [6.07, 6.45) is 5.15. The molecule has 1 aromatic carbocycles. The SMILES string of the molecule is CCCn1ccnc1[C@H]1CC(=O)Nc2cc(NC(=O)C(C)C)c(C)cc21. The van der Waals surface area contributed by atoms with Crippen LogP contribution in [0, 0.1) is 12.8 Å². The minimum absolute atomic E-state index is 0.0291. The molecule has 6 heteroatoms. The lowest BCUT2D eigenvalue weighted by molar-refractivity contribution is -0.119. The number of aromatic nitrogens is 2. The highest BCUT2D eigenvalue weighted by atomic mass is 16.2. The zero-order valence-electron chi connectivity index (χ0n) is 15.8. The van der Waals surface area contributed by atoms with Gasteiger partial charge < -0.3 is 15.2 Å². The largest absolute Gasteiger partial charge is 0.334 e. The first kappa shape index (κ1) is 18.2. The molecule has 0 bridgehead atoms. The van der Waals surface area contributed by atoms with Crippen LogP contribution in [-0.4, -0.2) is 21.4 Å². The van der Waals surface area contributed by atoms with E-state index >= 15 is 0 Å². The molecule has 1 atom stereocenters. The quantitative estimate of drug-likeness (QED) is 0.860. The minimum atomic E-state index is -0.103. The van der Waals surface area contributed by atoms with Crippen molar-refractivity contribution in [1.29, 1.82) is 0 Å². The topological polar surface area (TPSA) is 76.0 Å². The summed E-state index contributed by atoms with van der Waals surface area (Å²) >= 11 is 0. The summed E-state index contributed by atoms with van der Waals surface area (Å²) in [7, 11) is 0. The molecule has 0 saturated heterocycles. The van der Waals surface area contributed by atoms with Crippen molar-refractivity contribution in [3.8, 4) is 0 Å². The summed E-state index contributed by atoms with van der Waals surface area (Å²) in [4.78, 5) is 28.9. The monoisotopic (exact) mass is 354 g/mol. The average Bonchev–Trinajstić information content (AvgIpc) is 3.03. The fourth-order valence-electron chi connectivity index (χ4n) is 3.33. The molecule has 2 amide bonds. The maximum absolute atomic E-state index is 12.3. The van der Waals surface area contributed by atoms with Crippen molar-refractivity contribution in [1.82, 2.24) is 9.55 Å². The van der Waals surface area contributed by atoms with Gasteiger partial charge >= 0.3 is 0 Å². The van der Waals surface area contributed by atoms with Crippen LogP contribution in [0.5, 0.6) is 0 Å². The van der Waals surface area contributed by atoms with E-state index in [0.717, 1.165) is 41.3 Å². The highest BCUT2D eigenvalue weighted by molar-refractivity contribution is 5.98. The predicted octanol–water partition coefficient (Wildman–Crippen LogP) is 3.67. The lowest BCUT2D eigenvalue weighted by Gasteiger charge is -2.27. The van der Waals surface area contributed by atoms with Gasteiger partial charge in [0, 0.05) is 42.7 Å². The number of fused-ring (bicyclic) bond motifs is 1. The Balaban J connectivity index is 2.01. The number of rotatable bonds is 5. The van der Waals surface area contributed by atoms with Crippen molar-refractivity contribution in [2.45, 2.75) is 53.0 Å². The Morgan fingerprint density at radius 1 is 1.42 bits per heavy atom. The Morgan fingerprint density at radius 2 is 2.19 bits per heavy atom. The van der Waals surface area contributed by atoms with Gasteiger partial charge in [0.05, 0.1) is 5.92 Å². The number of nitrogens with one attached hydrogen (secondary N) is 2. The molecule has 2 aromatic rings. The third-order valence-corrected chi connectivity index (χ3v) is 4.74. The van der Waals surface area contributed by atoms with Crippen LogP contribution < -0.4 is 10.6 Å². The molecule has 6 nitrogen and oxygen atoms in total. The van der Waals surface area contributed by atoms with Crippen LogP contribution in [0.1, 0.15) is 56.5 Å². The first-order valence-corrected chi connectivity index (χ1v) is 9.17. The van der Waals surface area contributed by atoms with Crippen molar-refractivity contribution in [3.63, 3.8) is 0 Å². The highest BCUT2D eigenvalue weighted by Gasteiger charge is 2.30. The second-order valence-electron chi connectivity index (χ2n) is 7.18. The highest BCUT2D eigenvalue weighted by Crippen LogP contribution is 2.39. The van der Waals surface area contributed by atoms with Gasteiger partial charge in [0.15, 0.2) is 0 Å². The molecule has 1 aromatic heterocycles. The number of nitrogens with zero attached hydrogens (tertiary/aromatic N) is 2. The number of hydrogen-bond donors (Lipinski definition) is 2. The van der Waals surface area contributed by atoms with Crippen molar-refractivity contribution in [2.24, 2.45) is 5.92 Å². The van der Waals surface area contributed by atoms with Gasteiger partial charge in [0.2, 0.25) is 11.8 Å². The number of hydrogen-bond acceptors (Lipinski definition) is 3. The van der Waals surface area contributed by atoms with Crippen LogP contribution in [0.2, 0.25) is 0 Å².